The molecule has 0 aromatic carbocycles. The maximum absolute atomic E-state index is 5.77. The van der Waals surface area contributed by atoms with Crippen molar-refractivity contribution in [1.29, 1.82) is 0 Å². The van der Waals surface area contributed by atoms with E-state index in [2.05, 4.69) is 35.9 Å². The van der Waals surface area contributed by atoms with Gasteiger partial charge in [0.25, 0.3) is 0 Å². The summed E-state index contributed by atoms with van der Waals surface area (Å²) in [7, 11) is 0. The van der Waals surface area contributed by atoms with Crippen LogP contribution in [0.5, 0.6) is 0 Å². The fraction of sp³-hybridized carbons (Fsp3) is 1.00. The molecule has 0 atom stereocenters. The van der Waals surface area contributed by atoms with Crippen molar-refractivity contribution in [1.82, 2.24) is 0 Å². The Bertz CT molecular complexity index is 179. The van der Waals surface area contributed by atoms with Gasteiger partial charge in [-0.3, -0.25) is 0 Å². The molecule has 0 aliphatic carbocycles. The van der Waals surface area contributed by atoms with E-state index in [9.17, 15) is 0 Å². The molecule has 0 aliphatic rings. The third kappa shape index (κ3) is 10.4. The summed E-state index contributed by atoms with van der Waals surface area (Å²) >= 11 is 3.01. The van der Waals surface area contributed by atoms with Gasteiger partial charge in [0.15, 0.2) is 0 Å². The van der Waals surface area contributed by atoms with Crippen LogP contribution in [0.1, 0.15) is 59.3 Å². The van der Waals surface area contributed by atoms with E-state index in [-0.39, 0.29) is 0 Å². The molecule has 0 fully saturated rings. The van der Waals surface area contributed by atoms with E-state index >= 15 is 0 Å². The van der Waals surface area contributed by atoms with Gasteiger partial charge >= 0.3 is 114 Å². The van der Waals surface area contributed by atoms with Gasteiger partial charge in [-0.25, -0.2) is 0 Å². The van der Waals surface area contributed by atoms with E-state index < -0.39 is 6.19 Å². The Labute approximate surface area is 114 Å². The maximum atomic E-state index is 5.77. The summed E-state index contributed by atoms with van der Waals surface area (Å²) in [6.45, 7) is 8.61. The van der Waals surface area contributed by atoms with Crippen LogP contribution in [0.4, 0.5) is 0 Å². The van der Waals surface area contributed by atoms with Crippen molar-refractivity contribution < 1.29 is 13.6 Å². The SMILES string of the molecule is CCCCOP(=[Se])(OCCCC)OCCCC. The quantitative estimate of drug-likeness (QED) is 0.304. The van der Waals surface area contributed by atoms with E-state index in [0.717, 1.165) is 58.3 Å². The Kier molecular flexibility index (Phi) is 12.5. The van der Waals surface area contributed by atoms with E-state index in [1.807, 2.05) is 0 Å². The zero-order valence-corrected chi connectivity index (χ0v) is 14.1. The Morgan fingerprint density at radius 1 is 0.706 bits per heavy atom. The Hall–Kier alpha value is 0.829. The van der Waals surface area contributed by atoms with Crippen molar-refractivity contribution in [2.75, 3.05) is 19.8 Å². The summed E-state index contributed by atoms with van der Waals surface area (Å²) in [6.07, 6.45) is 4.36. The Morgan fingerprint density at radius 3 is 1.24 bits per heavy atom. The standard InChI is InChI=1S/C12H27O3PSe/c1-4-7-10-13-16(17,14-11-8-5-2)15-12-9-6-3/h4-12H2,1-3H3. The number of rotatable bonds is 12. The van der Waals surface area contributed by atoms with Crippen LogP contribution in [0.15, 0.2) is 0 Å². The second kappa shape index (κ2) is 11.9. The van der Waals surface area contributed by atoms with Gasteiger partial charge in [-0.15, -0.1) is 0 Å². The average molecular weight is 329 g/mol. The van der Waals surface area contributed by atoms with Gasteiger partial charge in [-0.1, -0.05) is 0 Å². The molecule has 0 unspecified atom stereocenters. The van der Waals surface area contributed by atoms with Gasteiger partial charge < -0.3 is 0 Å². The molecule has 0 saturated heterocycles. The van der Waals surface area contributed by atoms with Crippen LogP contribution in [0, 0.1) is 0 Å². The molecule has 3 nitrogen and oxygen atoms in total. The molecule has 0 aromatic rings. The molecule has 0 rings (SSSR count). The molecule has 0 aromatic heterocycles. The van der Waals surface area contributed by atoms with Crippen molar-refractivity contribution in [3.63, 3.8) is 0 Å². The summed E-state index contributed by atoms with van der Waals surface area (Å²) in [5.41, 5.74) is 0. The second-order valence-corrected chi connectivity index (χ2v) is 8.49. The molecule has 104 valence electrons. The Morgan fingerprint density at radius 2 is 1.00 bits per heavy atom. The van der Waals surface area contributed by atoms with Crippen molar-refractivity contribution in [2.24, 2.45) is 0 Å². The number of hydrogen-bond acceptors (Lipinski definition) is 3. The van der Waals surface area contributed by atoms with Crippen LogP contribution < -0.4 is 0 Å². The van der Waals surface area contributed by atoms with Gasteiger partial charge in [0.2, 0.25) is 0 Å². The third-order valence-electron chi connectivity index (χ3n) is 2.24. The predicted molar refractivity (Wildman–Crippen MR) is 75.3 cm³/mol. The van der Waals surface area contributed by atoms with E-state index in [4.69, 9.17) is 13.6 Å². The summed E-state index contributed by atoms with van der Waals surface area (Å²) in [5.74, 6) is 0. The second-order valence-electron chi connectivity index (χ2n) is 4.01. The topological polar surface area (TPSA) is 27.7 Å². The predicted octanol–water partition coefficient (Wildman–Crippen LogP) is 4.28. The molecule has 0 amide bonds. The molecule has 0 aliphatic heterocycles. The minimum absolute atomic E-state index is 0.718. The van der Waals surface area contributed by atoms with Gasteiger partial charge in [0.05, 0.1) is 0 Å². The first kappa shape index (κ1) is 17.8. The molecule has 0 spiro atoms. The fourth-order valence-corrected chi connectivity index (χ4v) is 3.76. The third-order valence-corrected chi connectivity index (χ3v) is 5.73. The van der Waals surface area contributed by atoms with Crippen molar-refractivity contribution in [2.45, 2.75) is 59.3 Å². The minimum atomic E-state index is -2.18. The summed E-state index contributed by atoms with van der Waals surface area (Å²) in [4.78, 5) is 0. The van der Waals surface area contributed by atoms with Crippen LogP contribution in [0.3, 0.4) is 0 Å². The average Bonchev–Trinajstić information content (AvgIpc) is 2.30. The Balaban J connectivity index is 4.00. The van der Waals surface area contributed by atoms with Gasteiger partial charge in [-0.05, 0) is 0 Å². The normalized spacial score (nSPS) is 11.9. The van der Waals surface area contributed by atoms with Gasteiger partial charge in [0.1, 0.15) is 0 Å². The van der Waals surface area contributed by atoms with Crippen LogP contribution in [-0.2, 0) is 13.6 Å². The summed E-state index contributed by atoms with van der Waals surface area (Å²) in [5, 5.41) is 0. The van der Waals surface area contributed by atoms with E-state index in [1.165, 1.54) is 0 Å². The van der Waals surface area contributed by atoms with Crippen LogP contribution in [-0.4, -0.2) is 34.9 Å². The first-order chi connectivity index (χ1) is 8.18. The first-order valence-corrected chi connectivity index (χ1v) is 10.5. The van der Waals surface area contributed by atoms with Crippen molar-refractivity contribution in [3.8, 4) is 0 Å². The molecular weight excluding hydrogens is 302 g/mol. The molecule has 0 radical (unpaired) electrons. The van der Waals surface area contributed by atoms with Gasteiger partial charge in [0, 0.05) is 0 Å². The first-order valence-electron chi connectivity index (χ1n) is 6.72. The van der Waals surface area contributed by atoms with Crippen LogP contribution in [0.2, 0.25) is 0 Å². The number of hydrogen-bond donors (Lipinski definition) is 0. The molecular formula is C12H27O3PSe. The zero-order valence-electron chi connectivity index (χ0n) is 11.4. The molecule has 0 N–H and O–H groups in total. The van der Waals surface area contributed by atoms with E-state index in [1.54, 1.807) is 0 Å². The van der Waals surface area contributed by atoms with Gasteiger partial charge in [-0.2, -0.15) is 0 Å². The number of unbranched alkanes of at least 4 members (excludes halogenated alkanes) is 3. The molecule has 17 heavy (non-hydrogen) atoms. The molecule has 0 bridgehead atoms. The molecule has 5 heteroatoms. The van der Waals surface area contributed by atoms with Crippen LogP contribution in [0.25, 0.3) is 0 Å². The monoisotopic (exact) mass is 330 g/mol. The summed E-state index contributed by atoms with van der Waals surface area (Å²) in [6, 6.07) is 0. The molecule has 0 saturated carbocycles. The van der Waals surface area contributed by atoms with Crippen molar-refractivity contribution in [3.05, 3.63) is 0 Å². The van der Waals surface area contributed by atoms with E-state index in [0.29, 0.717) is 0 Å². The van der Waals surface area contributed by atoms with Crippen molar-refractivity contribution >= 4 is 21.3 Å². The molecule has 0 heterocycles. The summed E-state index contributed by atoms with van der Waals surface area (Å²) < 4.78 is 17.3. The van der Waals surface area contributed by atoms with Crippen LogP contribution >= 0.6 is 6.19 Å². The zero-order chi connectivity index (χ0) is 13.0. The fourth-order valence-electron chi connectivity index (χ4n) is 1.07.